The third-order valence-corrected chi connectivity index (χ3v) is 5.21. The van der Waals surface area contributed by atoms with E-state index in [4.69, 9.17) is 9.47 Å². The standard InChI is InChI=1S/C23H36N2O4/c1-15(2)12-24-22(27)19-14-25(21(26)11-23(3,4)5)13-18(19)17-10-16(28-6)8-9-20(17)29-7/h8-10,15,18-19H,11-14H2,1-7H3,(H,24,27)/t18-,19-/m0/s1. The van der Waals surface area contributed by atoms with E-state index in [1.165, 1.54) is 0 Å². The minimum Gasteiger partial charge on any atom is -0.497 e. The van der Waals surface area contributed by atoms with Crippen molar-refractivity contribution < 1.29 is 19.1 Å². The lowest BCUT2D eigenvalue weighted by molar-refractivity contribution is -0.132. The van der Waals surface area contributed by atoms with Gasteiger partial charge in [-0.2, -0.15) is 0 Å². The number of methoxy groups -OCH3 is 2. The maximum absolute atomic E-state index is 13.0. The van der Waals surface area contributed by atoms with Crippen molar-refractivity contribution in [2.45, 2.75) is 47.0 Å². The first kappa shape index (κ1) is 23.0. The zero-order chi connectivity index (χ0) is 21.8. The molecule has 1 fully saturated rings. The lowest BCUT2D eigenvalue weighted by Gasteiger charge is -2.23. The molecule has 0 spiro atoms. The predicted molar refractivity (Wildman–Crippen MR) is 114 cm³/mol. The van der Waals surface area contributed by atoms with Gasteiger partial charge in [0, 0.05) is 37.5 Å². The number of carbonyl (C=O) groups is 2. The Morgan fingerprint density at radius 1 is 1.17 bits per heavy atom. The molecule has 2 rings (SSSR count). The van der Waals surface area contributed by atoms with Gasteiger partial charge in [-0.1, -0.05) is 34.6 Å². The molecule has 1 aliphatic heterocycles. The maximum atomic E-state index is 13.0. The van der Waals surface area contributed by atoms with Crippen molar-refractivity contribution in [3.63, 3.8) is 0 Å². The topological polar surface area (TPSA) is 67.9 Å². The van der Waals surface area contributed by atoms with E-state index in [1.54, 1.807) is 14.2 Å². The summed E-state index contributed by atoms with van der Waals surface area (Å²) in [6.07, 6.45) is 0.454. The van der Waals surface area contributed by atoms with Crippen molar-refractivity contribution in [1.82, 2.24) is 10.2 Å². The summed E-state index contributed by atoms with van der Waals surface area (Å²) in [6.45, 7) is 11.8. The Morgan fingerprint density at radius 2 is 1.86 bits per heavy atom. The number of likely N-dealkylation sites (tertiary alicyclic amines) is 1. The van der Waals surface area contributed by atoms with Crippen molar-refractivity contribution in [3.05, 3.63) is 23.8 Å². The van der Waals surface area contributed by atoms with E-state index in [0.29, 0.717) is 43.5 Å². The summed E-state index contributed by atoms with van der Waals surface area (Å²) in [4.78, 5) is 27.7. The summed E-state index contributed by atoms with van der Waals surface area (Å²) in [5, 5.41) is 3.05. The molecule has 2 atom stereocenters. The maximum Gasteiger partial charge on any atom is 0.225 e. The van der Waals surface area contributed by atoms with Gasteiger partial charge < -0.3 is 19.7 Å². The molecule has 0 aromatic heterocycles. The Morgan fingerprint density at radius 3 is 2.41 bits per heavy atom. The first-order chi connectivity index (χ1) is 13.6. The van der Waals surface area contributed by atoms with Crippen LogP contribution in [0.2, 0.25) is 0 Å². The minimum absolute atomic E-state index is 0.0142. The van der Waals surface area contributed by atoms with Gasteiger partial charge in [-0.3, -0.25) is 9.59 Å². The predicted octanol–water partition coefficient (Wildman–Crippen LogP) is 3.45. The van der Waals surface area contributed by atoms with Crippen LogP contribution in [0.3, 0.4) is 0 Å². The lowest BCUT2D eigenvalue weighted by atomic mass is 9.87. The fourth-order valence-corrected chi connectivity index (χ4v) is 3.72. The molecule has 162 valence electrons. The quantitative estimate of drug-likeness (QED) is 0.756. The summed E-state index contributed by atoms with van der Waals surface area (Å²) in [7, 11) is 3.24. The fourth-order valence-electron chi connectivity index (χ4n) is 3.72. The van der Waals surface area contributed by atoms with Gasteiger partial charge in [-0.05, 0) is 29.5 Å². The minimum atomic E-state index is -0.321. The summed E-state index contributed by atoms with van der Waals surface area (Å²) in [5.41, 5.74) is 0.806. The largest absolute Gasteiger partial charge is 0.497 e. The lowest BCUT2D eigenvalue weighted by Crippen LogP contribution is -2.37. The Kier molecular flexibility index (Phi) is 7.55. The molecule has 1 N–H and O–H groups in total. The zero-order valence-electron chi connectivity index (χ0n) is 18.9. The smallest absolute Gasteiger partial charge is 0.225 e. The summed E-state index contributed by atoms with van der Waals surface area (Å²) in [5.74, 6) is 1.39. The number of nitrogens with one attached hydrogen (secondary N) is 1. The summed E-state index contributed by atoms with van der Waals surface area (Å²) >= 11 is 0. The molecule has 29 heavy (non-hydrogen) atoms. The summed E-state index contributed by atoms with van der Waals surface area (Å²) in [6, 6.07) is 5.62. The molecule has 6 nitrogen and oxygen atoms in total. The highest BCUT2D eigenvalue weighted by atomic mass is 16.5. The van der Waals surface area contributed by atoms with Gasteiger partial charge in [0.2, 0.25) is 11.8 Å². The van der Waals surface area contributed by atoms with Crippen LogP contribution in [0.15, 0.2) is 18.2 Å². The number of nitrogens with zero attached hydrogens (tertiary/aromatic N) is 1. The SMILES string of the molecule is COc1ccc(OC)c([C@@H]2CN(C(=O)CC(C)(C)C)C[C@@H]2C(=O)NCC(C)C)c1. The molecule has 0 saturated carbocycles. The average molecular weight is 405 g/mol. The molecule has 1 saturated heterocycles. The molecule has 2 amide bonds. The second-order valence-corrected chi connectivity index (χ2v) is 9.50. The first-order valence-corrected chi connectivity index (χ1v) is 10.3. The second kappa shape index (κ2) is 9.51. The van der Waals surface area contributed by atoms with Gasteiger partial charge in [0.1, 0.15) is 11.5 Å². The van der Waals surface area contributed by atoms with Crippen LogP contribution in [0.1, 0.15) is 52.5 Å². The third kappa shape index (κ3) is 6.12. The molecule has 6 heteroatoms. The monoisotopic (exact) mass is 404 g/mol. The third-order valence-electron chi connectivity index (χ3n) is 5.21. The van der Waals surface area contributed by atoms with Gasteiger partial charge >= 0.3 is 0 Å². The number of amides is 2. The van der Waals surface area contributed by atoms with Gasteiger partial charge in [-0.15, -0.1) is 0 Å². The van der Waals surface area contributed by atoms with E-state index in [9.17, 15) is 9.59 Å². The number of carbonyl (C=O) groups excluding carboxylic acids is 2. The Bertz CT molecular complexity index is 724. The van der Waals surface area contributed by atoms with Crippen molar-refractivity contribution >= 4 is 11.8 Å². The fraction of sp³-hybridized carbons (Fsp3) is 0.652. The molecule has 0 radical (unpaired) electrons. The second-order valence-electron chi connectivity index (χ2n) is 9.50. The number of hydrogen-bond donors (Lipinski definition) is 1. The Hall–Kier alpha value is -2.24. The molecule has 1 heterocycles. The highest BCUT2D eigenvalue weighted by molar-refractivity contribution is 5.83. The molecule has 0 unspecified atom stereocenters. The van der Waals surface area contributed by atoms with Crippen molar-refractivity contribution in [1.29, 1.82) is 0 Å². The highest BCUT2D eigenvalue weighted by Gasteiger charge is 2.42. The number of benzene rings is 1. The van der Waals surface area contributed by atoms with Crippen LogP contribution in [0, 0.1) is 17.3 Å². The number of rotatable bonds is 7. The Balaban J connectivity index is 2.35. The zero-order valence-corrected chi connectivity index (χ0v) is 18.9. The Labute approximate surface area is 174 Å². The van der Waals surface area contributed by atoms with E-state index >= 15 is 0 Å². The van der Waals surface area contributed by atoms with Crippen LogP contribution in [0.25, 0.3) is 0 Å². The first-order valence-electron chi connectivity index (χ1n) is 10.3. The van der Waals surface area contributed by atoms with Crippen molar-refractivity contribution in [2.75, 3.05) is 33.9 Å². The van der Waals surface area contributed by atoms with Gasteiger partial charge in [0.05, 0.1) is 20.1 Å². The van der Waals surface area contributed by atoms with Crippen molar-refractivity contribution in [2.24, 2.45) is 17.3 Å². The van der Waals surface area contributed by atoms with Gasteiger partial charge in [0.25, 0.3) is 0 Å². The number of ether oxygens (including phenoxy) is 2. The highest BCUT2D eigenvalue weighted by Crippen LogP contribution is 2.40. The van der Waals surface area contributed by atoms with Crippen LogP contribution >= 0.6 is 0 Å². The molecule has 1 aromatic rings. The van der Waals surface area contributed by atoms with Crippen LogP contribution < -0.4 is 14.8 Å². The van der Waals surface area contributed by atoms with E-state index in [0.717, 1.165) is 5.56 Å². The molecule has 1 aromatic carbocycles. The van der Waals surface area contributed by atoms with E-state index in [1.807, 2.05) is 23.1 Å². The van der Waals surface area contributed by atoms with Crippen LogP contribution in [-0.2, 0) is 9.59 Å². The molecule has 1 aliphatic rings. The van der Waals surface area contributed by atoms with E-state index in [2.05, 4.69) is 39.9 Å². The van der Waals surface area contributed by atoms with Crippen LogP contribution in [0.5, 0.6) is 11.5 Å². The molecular weight excluding hydrogens is 368 g/mol. The summed E-state index contributed by atoms with van der Waals surface area (Å²) < 4.78 is 11.0. The van der Waals surface area contributed by atoms with Crippen molar-refractivity contribution in [3.8, 4) is 11.5 Å². The van der Waals surface area contributed by atoms with E-state index in [-0.39, 0.29) is 29.1 Å². The number of hydrogen-bond acceptors (Lipinski definition) is 4. The van der Waals surface area contributed by atoms with Gasteiger partial charge in [0.15, 0.2) is 0 Å². The van der Waals surface area contributed by atoms with Crippen LogP contribution in [0.4, 0.5) is 0 Å². The normalized spacial score (nSPS) is 19.4. The van der Waals surface area contributed by atoms with E-state index < -0.39 is 0 Å². The molecule has 0 bridgehead atoms. The molecule has 0 aliphatic carbocycles. The van der Waals surface area contributed by atoms with Crippen LogP contribution in [-0.4, -0.2) is 50.6 Å². The average Bonchev–Trinajstić information content (AvgIpc) is 3.09. The molecular formula is C23H36N2O4. The van der Waals surface area contributed by atoms with Gasteiger partial charge in [-0.25, -0.2) is 0 Å².